The van der Waals surface area contributed by atoms with E-state index in [0.29, 0.717) is 13.3 Å². The summed E-state index contributed by atoms with van der Waals surface area (Å²) in [4.78, 5) is 49.3. The van der Waals surface area contributed by atoms with Gasteiger partial charge in [0.1, 0.15) is 12.2 Å². The maximum absolute atomic E-state index is 13.5. The molecule has 1 saturated heterocycles. The summed E-state index contributed by atoms with van der Waals surface area (Å²) >= 11 is 0. The molecule has 0 aromatic rings. The molecule has 35 heavy (non-hydrogen) atoms. The number of hydrogen-bond donors (Lipinski definition) is 1. The number of fused-ring (bicyclic) bond motifs is 1. The molecule has 198 valence electrons. The molecule has 0 aromatic carbocycles. The van der Waals surface area contributed by atoms with Gasteiger partial charge in [-0.3, -0.25) is 23.7 Å². The summed E-state index contributed by atoms with van der Waals surface area (Å²) in [6.45, 7) is 3.59. The van der Waals surface area contributed by atoms with Crippen molar-refractivity contribution in [2.24, 2.45) is 23.7 Å². The van der Waals surface area contributed by atoms with E-state index in [1.165, 1.54) is 21.0 Å². The van der Waals surface area contributed by atoms with Gasteiger partial charge in [0.2, 0.25) is 5.79 Å². The van der Waals surface area contributed by atoms with Gasteiger partial charge in [0.05, 0.1) is 24.7 Å². The van der Waals surface area contributed by atoms with Crippen molar-refractivity contribution in [3.8, 4) is 0 Å². The summed E-state index contributed by atoms with van der Waals surface area (Å²) in [5, 5.41) is -4.74. The normalized spacial score (nSPS) is 30.5. The summed E-state index contributed by atoms with van der Waals surface area (Å²) in [7, 11) is -4.48. The molecule has 3 aliphatic rings. The minimum absolute atomic E-state index is 0.359. The molecule has 12 nitrogen and oxygen atoms in total. The van der Waals surface area contributed by atoms with Crippen molar-refractivity contribution in [1.29, 1.82) is 0 Å². The molecule has 1 heterocycles. The molecule has 15 heteroatoms. The monoisotopic (exact) mass is 528 g/mol. The van der Waals surface area contributed by atoms with Gasteiger partial charge in [0.25, 0.3) is 0 Å². The number of carbonyl (C=O) groups excluding carboxylic acids is 4. The average molecular weight is 528 g/mol. The second-order valence-electron chi connectivity index (χ2n) is 9.16. The Hall–Kier alpha value is -2.39. The molecule has 7 atom stereocenters. The number of rotatable bonds is 10. The maximum Gasteiger partial charge on any atom is 0.405 e. The predicted octanol–water partition coefficient (Wildman–Crippen LogP) is 0.824. The van der Waals surface area contributed by atoms with Crippen LogP contribution in [-0.2, 0) is 53.0 Å². The van der Waals surface area contributed by atoms with E-state index in [1.54, 1.807) is 0 Å². The summed E-state index contributed by atoms with van der Waals surface area (Å²) in [5.74, 6) is -7.43. The van der Waals surface area contributed by atoms with E-state index in [1.807, 2.05) is 0 Å². The molecule has 0 spiro atoms. The summed E-state index contributed by atoms with van der Waals surface area (Å²) in [6, 6.07) is 0. The molecule has 3 fully saturated rings. The van der Waals surface area contributed by atoms with Crippen molar-refractivity contribution in [2.75, 3.05) is 7.11 Å². The van der Waals surface area contributed by atoms with Gasteiger partial charge in [-0.15, -0.1) is 0 Å². The topological polar surface area (TPSA) is 169 Å². The lowest BCUT2D eigenvalue weighted by atomic mass is 9.78. The van der Waals surface area contributed by atoms with Crippen LogP contribution in [0.25, 0.3) is 0 Å². The first-order chi connectivity index (χ1) is 16.0. The average Bonchev–Trinajstić information content (AvgIpc) is 3.34. The summed E-state index contributed by atoms with van der Waals surface area (Å²) in [5.41, 5.74) is 0. The Balaban J connectivity index is 1.59. The van der Waals surface area contributed by atoms with Gasteiger partial charge in [-0.1, -0.05) is 0 Å². The largest absolute Gasteiger partial charge is 0.458 e. The standard InChI is InChI=1S/C20H26F2O12S/c1-8(20(21,22)35(27,28)29)31-11(23)5-6-12(24)32-15-10-7-9-13(17(25)33-16(9)15)14(10)18(26)34-19(2,3)30-4/h8-10,13-16H,5-7H2,1-4H3,(H,27,28,29). The quantitative estimate of drug-likeness (QED) is 0.184. The van der Waals surface area contributed by atoms with Crippen LogP contribution in [0.3, 0.4) is 0 Å². The first-order valence-electron chi connectivity index (χ1n) is 10.7. The van der Waals surface area contributed by atoms with Crippen LogP contribution in [-0.4, -0.2) is 73.3 Å². The Morgan fingerprint density at radius 3 is 2.34 bits per heavy atom. The van der Waals surface area contributed by atoms with Crippen LogP contribution in [0.5, 0.6) is 0 Å². The van der Waals surface area contributed by atoms with Crippen molar-refractivity contribution in [3.63, 3.8) is 0 Å². The second-order valence-corrected chi connectivity index (χ2v) is 10.7. The lowest BCUT2D eigenvalue weighted by Gasteiger charge is -2.32. The number of halogens is 2. The lowest BCUT2D eigenvalue weighted by Crippen LogP contribution is -2.45. The molecule has 3 rings (SSSR count). The molecule has 7 unspecified atom stereocenters. The fourth-order valence-electron chi connectivity index (χ4n) is 4.77. The van der Waals surface area contributed by atoms with Crippen LogP contribution in [0.1, 0.15) is 40.0 Å². The first-order valence-corrected chi connectivity index (χ1v) is 12.2. The molecular formula is C20H26F2O12S. The molecule has 0 radical (unpaired) electrons. The zero-order valence-electron chi connectivity index (χ0n) is 19.3. The van der Waals surface area contributed by atoms with Crippen molar-refractivity contribution < 1.29 is 64.6 Å². The van der Waals surface area contributed by atoms with Crippen LogP contribution in [0.15, 0.2) is 0 Å². The summed E-state index contributed by atoms with van der Waals surface area (Å²) < 4.78 is 82.4. The van der Waals surface area contributed by atoms with Gasteiger partial charge in [-0.25, -0.2) is 0 Å². The van der Waals surface area contributed by atoms with Crippen LogP contribution in [0, 0.1) is 23.7 Å². The highest BCUT2D eigenvalue weighted by molar-refractivity contribution is 7.86. The van der Waals surface area contributed by atoms with E-state index in [2.05, 4.69) is 4.74 Å². The highest BCUT2D eigenvalue weighted by Crippen LogP contribution is 2.59. The minimum Gasteiger partial charge on any atom is -0.458 e. The molecular weight excluding hydrogens is 502 g/mol. The van der Waals surface area contributed by atoms with Gasteiger partial charge in [-0.05, 0) is 13.3 Å². The number of esters is 4. The fourth-order valence-corrected chi connectivity index (χ4v) is 5.24. The highest BCUT2D eigenvalue weighted by Gasteiger charge is 2.70. The highest BCUT2D eigenvalue weighted by atomic mass is 32.2. The molecule has 2 aliphatic carbocycles. The van der Waals surface area contributed by atoms with Gasteiger partial charge in [0.15, 0.2) is 6.10 Å². The number of methoxy groups -OCH3 is 1. The van der Waals surface area contributed by atoms with E-state index < -0.39 is 93.9 Å². The third-order valence-electron chi connectivity index (χ3n) is 6.58. The second kappa shape index (κ2) is 9.24. The SMILES string of the molecule is COC(C)(C)OC(=O)C1C2CC3C(OC(=O)C31)C2OC(=O)CCC(=O)OC(C)C(F)(F)S(=O)(=O)O. The predicted molar refractivity (Wildman–Crippen MR) is 107 cm³/mol. The van der Waals surface area contributed by atoms with Crippen LogP contribution >= 0.6 is 0 Å². The van der Waals surface area contributed by atoms with E-state index in [-0.39, 0.29) is 5.92 Å². The van der Waals surface area contributed by atoms with Crippen LogP contribution < -0.4 is 0 Å². The zero-order valence-corrected chi connectivity index (χ0v) is 20.1. The minimum atomic E-state index is -5.82. The summed E-state index contributed by atoms with van der Waals surface area (Å²) in [6.07, 6.45) is -5.22. The zero-order chi connectivity index (χ0) is 26.5. The Kier molecular flexibility index (Phi) is 7.18. The Morgan fingerprint density at radius 1 is 1.17 bits per heavy atom. The number of ether oxygens (including phenoxy) is 5. The third kappa shape index (κ3) is 5.11. The molecule has 1 aliphatic heterocycles. The number of hydrogen-bond acceptors (Lipinski definition) is 11. The third-order valence-corrected chi connectivity index (χ3v) is 7.60. The van der Waals surface area contributed by atoms with Crippen molar-refractivity contribution >= 4 is 34.0 Å². The Labute approximate surface area is 199 Å². The van der Waals surface area contributed by atoms with Crippen molar-refractivity contribution in [3.05, 3.63) is 0 Å². The van der Waals surface area contributed by atoms with Crippen molar-refractivity contribution in [1.82, 2.24) is 0 Å². The van der Waals surface area contributed by atoms with Gasteiger partial charge < -0.3 is 23.7 Å². The van der Waals surface area contributed by atoms with E-state index in [9.17, 15) is 36.4 Å². The van der Waals surface area contributed by atoms with Gasteiger partial charge >= 0.3 is 39.2 Å². The van der Waals surface area contributed by atoms with Crippen LogP contribution in [0.2, 0.25) is 0 Å². The van der Waals surface area contributed by atoms with Gasteiger partial charge in [0, 0.05) is 32.8 Å². The number of carbonyl (C=O) groups is 4. The van der Waals surface area contributed by atoms with Crippen LogP contribution in [0.4, 0.5) is 8.78 Å². The maximum atomic E-state index is 13.5. The molecule has 0 amide bonds. The smallest absolute Gasteiger partial charge is 0.405 e. The number of alkyl halides is 2. The van der Waals surface area contributed by atoms with E-state index in [0.717, 1.165) is 0 Å². The lowest BCUT2D eigenvalue weighted by molar-refractivity contribution is -0.214. The Morgan fingerprint density at radius 2 is 1.77 bits per heavy atom. The molecule has 1 N–H and O–H groups in total. The van der Waals surface area contributed by atoms with E-state index in [4.69, 9.17) is 23.5 Å². The van der Waals surface area contributed by atoms with E-state index >= 15 is 0 Å². The Bertz CT molecular complexity index is 1010. The molecule has 0 aromatic heterocycles. The molecule has 2 saturated carbocycles. The van der Waals surface area contributed by atoms with Crippen molar-refractivity contribution in [2.45, 2.75) is 69.4 Å². The van der Waals surface area contributed by atoms with Gasteiger partial charge in [-0.2, -0.15) is 17.2 Å². The molecule has 2 bridgehead atoms. The first kappa shape index (κ1) is 27.2. The fraction of sp³-hybridized carbons (Fsp3) is 0.800.